The maximum absolute atomic E-state index is 13.1. The second kappa shape index (κ2) is 10.9. The fourth-order valence-electron chi connectivity index (χ4n) is 3.42. The Morgan fingerprint density at radius 2 is 1.81 bits per heavy atom. The predicted molar refractivity (Wildman–Crippen MR) is 118 cm³/mol. The molecule has 31 heavy (non-hydrogen) atoms. The summed E-state index contributed by atoms with van der Waals surface area (Å²) in [6.45, 7) is 1.04. The molecule has 2 aromatic rings. The average Bonchev–Trinajstić information content (AvgIpc) is 2.76. The van der Waals surface area contributed by atoms with Crippen LogP contribution in [-0.2, 0) is 14.8 Å². The van der Waals surface area contributed by atoms with Gasteiger partial charge in [-0.1, -0.05) is 30.9 Å². The van der Waals surface area contributed by atoms with E-state index in [1.807, 2.05) is 0 Å². The summed E-state index contributed by atoms with van der Waals surface area (Å²) in [5, 5.41) is 2.94. The first kappa shape index (κ1) is 23.5. The molecule has 0 heterocycles. The number of carbonyl (C=O) groups is 1. The number of nitrogens with one attached hydrogen (secondary N) is 2. The van der Waals surface area contributed by atoms with E-state index in [2.05, 4.69) is 10.0 Å². The third-order valence-corrected chi connectivity index (χ3v) is 6.82. The van der Waals surface area contributed by atoms with Crippen LogP contribution in [0, 0.1) is 5.82 Å². The SMILES string of the molecule is O=C(NCCCOC1CCCCC1)c1ccc(Cl)c(NS(=O)(=O)c2ccc(F)cc2)c1. The molecule has 3 rings (SSSR count). The van der Waals surface area contributed by atoms with Crippen molar-refractivity contribution in [1.82, 2.24) is 5.32 Å². The third kappa shape index (κ3) is 6.92. The summed E-state index contributed by atoms with van der Waals surface area (Å²) < 4.78 is 46.3. The number of anilines is 1. The summed E-state index contributed by atoms with van der Waals surface area (Å²) >= 11 is 6.10. The van der Waals surface area contributed by atoms with Crippen LogP contribution in [0.5, 0.6) is 0 Å². The van der Waals surface area contributed by atoms with Gasteiger partial charge in [-0.2, -0.15) is 0 Å². The number of benzene rings is 2. The van der Waals surface area contributed by atoms with Crippen molar-refractivity contribution in [3.63, 3.8) is 0 Å². The number of rotatable bonds is 9. The van der Waals surface area contributed by atoms with Crippen LogP contribution in [0.25, 0.3) is 0 Å². The van der Waals surface area contributed by atoms with Crippen LogP contribution < -0.4 is 10.0 Å². The maximum atomic E-state index is 13.1. The highest BCUT2D eigenvalue weighted by Crippen LogP contribution is 2.26. The molecule has 2 N–H and O–H groups in total. The van der Waals surface area contributed by atoms with Crippen molar-refractivity contribution >= 4 is 33.2 Å². The zero-order valence-corrected chi connectivity index (χ0v) is 18.6. The number of sulfonamides is 1. The molecular formula is C22H26ClFN2O4S. The Labute approximate surface area is 187 Å². The van der Waals surface area contributed by atoms with Crippen molar-refractivity contribution < 1.29 is 22.3 Å². The lowest BCUT2D eigenvalue weighted by Gasteiger charge is -2.21. The zero-order chi connectivity index (χ0) is 22.3. The van der Waals surface area contributed by atoms with Crippen molar-refractivity contribution in [3.05, 3.63) is 58.9 Å². The van der Waals surface area contributed by atoms with Gasteiger partial charge in [0.1, 0.15) is 5.82 Å². The normalized spacial score (nSPS) is 14.9. The topological polar surface area (TPSA) is 84.5 Å². The summed E-state index contributed by atoms with van der Waals surface area (Å²) in [6, 6.07) is 8.75. The highest BCUT2D eigenvalue weighted by Gasteiger charge is 2.18. The number of carbonyl (C=O) groups excluding carboxylic acids is 1. The molecule has 1 fully saturated rings. The number of amides is 1. The van der Waals surface area contributed by atoms with Crippen molar-refractivity contribution in [1.29, 1.82) is 0 Å². The first-order chi connectivity index (χ1) is 14.8. The van der Waals surface area contributed by atoms with Crippen LogP contribution in [0.1, 0.15) is 48.9 Å². The van der Waals surface area contributed by atoms with Crippen molar-refractivity contribution in [2.24, 2.45) is 0 Å². The molecule has 6 nitrogen and oxygen atoms in total. The molecule has 0 bridgehead atoms. The highest BCUT2D eigenvalue weighted by atomic mass is 35.5. The van der Waals surface area contributed by atoms with Crippen LogP contribution >= 0.6 is 11.6 Å². The van der Waals surface area contributed by atoms with Gasteiger partial charge in [0.2, 0.25) is 0 Å². The molecule has 0 aromatic heterocycles. The van der Waals surface area contributed by atoms with Crippen LogP contribution in [-0.4, -0.2) is 33.6 Å². The molecule has 0 spiro atoms. The molecule has 1 amide bonds. The van der Waals surface area contributed by atoms with E-state index in [1.54, 1.807) is 0 Å². The van der Waals surface area contributed by atoms with E-state index in [1.165, 1.54) is 37.5 Å². The van der Waals surface area contributed by atoms with Crippen molar-refractivity contribution in [2.45, 2.75) is 49.5 Å². The zero-order valence-electron chi connectivity index (χ0n) is 17.1. The molecule has 1 aliphatic rings. The second-order valence-corrected chi connectivity index (χ2v) is 9.58. The molecule has 1 saturated carbocycles. The van der Waals surface area contributed by atoms with Crippen LogP contribution in [0.2, 0.25) is 5.02 Å². The Morgan fingerprint density at radius 3 is 2.52 bits per heavy atom. The standard InChI is InChI=1S/C22H26ClFN2O4S/c23-20-12-7-16(22(27)25-13-4-14-30-18-5-2-1-3-6-18)15-21(20)26-31(28,29)19-10-8-17(24)9-11-19/h7-12,15,18,26H,1-6,13-14H2,(H,25,27). The average molecular weight is 469 g/mol. The summed E-state index contributed by atoms with van der Waals surface area (Å²) in [7, 11) is -3.98. The lowest BCUT2D eigenvalue weighted by Crippen LogP contribution is -2.26. The van der Waals surface area contributed by atoms with Gasteiger partial charge in [-0.25, -0.2) is 12.8 Å². The van der Waals surface area contributed by atoms with Gasteiger partial charge in [0, 0.05) is 18.7 Å². The molecule has 9 heteroatoms. The molecule has 1 aliphatic carbocycles. The Kier molecular flexibility index (Phi) is 8.28. The van der Waals surface area contributed by atoms with Gasteiger partial charge < -0.3 is 10.1 Å². The Bertz CT molecular complexity index is 993. The van der Waals surface area contributed by atoms with Gasteiger partial charge in [-0.05, 0) is 61.7 Å². The molecule has 168 valence electrons. The fourth-order valence-corrected chi connectivity index (χ4v) is 4.71. The number of ether oxygens (including phenoxy) is 1. The van der Waals surface area contributed by atoms with E-state index in [4.69, 9.17) is 16.3 Å². The Hall–Kier alpha value is -2.16. The number of hydrogen-bond acceptors (Lipinski definition) is 4. The van der Waals surface area contributed by atoms with E-state index in [0.29, 0.717) is 25.7 Å². The van der Waals surface area contributed by atoms with Gasteiger partial charge in [0.05, 0.1) is 21.7 Å². The van der Waals surface area contributed by atoms with E-state index in [0.717, 1.165) is 37.1 Å². The van der Waals surface area contributed by atoms with E-state index in [9.17, 15) is 17.6 Å². The van der Waals surface area contributed by atoms with Gasteiger partial charge in [-0.3, -0.25) is 9.52 Å². The van der Waals surface area contributed by atoms with Gasteiger partial charge >= 0.3 is 0 Å². The molecular weight excluding hydrogens is 443 g/mol. The summed E-state index contributed by atoms with van der Waals surface area (Å²) in [4.78, 5) is 12.3. The Morgan fingerprint density at radius 1 is 1.10 bits per heavy atom. The third-order valence-electron chi connectivity index (χ3n) is 5.11. The molecule has 0 atom stereocenters. The van der Waals surface area contributed by atoms with Crippen LogP contribution in [0.4, 0.5) is 10.1 Å². The minimum atomic E-state index is -3.98. The van der Waals surface area contributed by atoms with E-state index >= 15 is 0 Å². The van der Waals surface area contributed by atoms with Gasteiger partial charge in [0.25, 0.3) is 15.9 Å². The van der Waals surface area contributed by atoms with Crippen molar-refractivity contribution in [2.75, 3.05) is 17.9 Å². The quantitative estimate of drug-likeness (QED) is 0.520. The lowest BCUT2D eigenvalue weighted by atomic mass is 9.98. The van der Waals surface area contributed by atoms with Crippen molar-refractivity contribution in [3.8, 4) is 0 Å². The summed E-state index contributed by atoms with van der Waals surface area (Å²) in [5.74, 6) is -0.878. The highest BCUT2D eigenvalue weighted by molar-refractivity contribution is 7.92. The second-order valence-electron chi connectivity index (χ2n) is 7.49. The lowest BCUT2D eigenvalue weighted by molar-refractivity contribution is 0.0273. The van der Waals surface area contributed by atoms with E-state index in [-0.39, 0.29) is 27.1 Å². The number of halogens is 2. The van der Waals surface area contributed by atoms with E-state index < -0.39 is 15.8 Å². The largest absolute Gasteiger partial charge is 0.378 e. The first-order valence-electron chi connectivity index (χ1n) is 10.3. The fraction of sp³-hybridized carbons (Fsp3) is 0.409. The molecule has 0 saturated heterocycles. The molecule has 0 radical (unpaired) electrons. The number of hydrogen-bond donors (Lipinski definition) is 2. The van der Waals surface area contributed by atoms with Gasteiger partial charge in [-0.15, -0.1) is 0 Å². The monoisotopic (exact) mass is 468 g/mol. The molecule has 2 aromatic carbocycles. The summed E-state index contributed by atoms with van der Waals surface area (Å²) in [5.41, 5.74) is 0.341. The minimum absolute atomic E-state index is 0.0688. The van der Waals surface area contributed by atoms with Gasteiger partial charge in [0.15, 0.2) is 0 Å². The minimum Gasteiger partial charge on any atom is -0.378 e. The first-order valence-corrected chi connectivity index (χ1v) is 12.2. The smallest absolute Gasteiger partial charge is 0.261 e. The molecule has 0 aliphatic heterocycles. The maximum Gasteiger partial charge on any atom is 0.261 e. The van der Waals surface area contributed by atoms with Crippen LogP contribution in [0.3, 0.4) is 0 Å². The Balaban J connectivity index is 1.54. The summed E-state index contributed by atoms with van der Waals surface area (Å²) in [6.07, 6.45) is 6.94. The predicted octanol–water partition coefficient (Wildman–Crippen LogP) is 4.75. The van der Waals surface area contributed by atoms with Crippen LogP contribution in [0.15, 0.2) is 47.4 Å². The molecule has 0 unspecified atom stereocenters.